The van der Waals surface area contributed by atoms with Crippen LogP contribution in [0.3, 0.4) is 0 Å². The van der Waals surface area contributed by atoms with Crippen molar-refractivity contribution in [3.8, 4) is 5.88 Å². The average Bonchev–Trinajstić information content (AvgIpc) is 3.01. The van der Waals surface area contributed by atoms with Crippen molar-refractivity contribution < 1.29 is 26.3 Å². The number of halogens is 3. The SMILES string of the molecule is O=S(=O)(c1ccc(OCC(F)(F)F)nc1)N1CCCn2ncnc21. The van der Waals surface area contributed by atoms with Gasteiger partial charge in [0.2, 0.25) is 11.8 Å². The van der Waals surface area contributed by atoms with E-state index in [1.54, 1.807) is 0 Å². The van der Waals surface area contributed by atoms with Gasteiger partial charge in [0.15, 0.2) is 6.61 Å². The number of alkyl halides is 3. The van der Waals surface area contributed by atoms with Crippen molar-refractivity contribution in [3.05, 3.63) is 24.7 Å². The van der Waals surface area contributed by atoms with Crippen molar-refractivity contribution in [2.75, 3.05) is 17.5 Å². The maximum absolute atomic E-state index is 12.7. The molecule has 12 heteroatoms. The first-order valence-electron chi connectivity index (χ1n) is 6.83. The highest BCUT2D eigenvalue weighted by molar-refractivity contribution is 7.92. The molecule has 0 unspecified atom stereocenters. The fourth-order valence-electron chi connectivity index (χ4n) is 2.19. The second-order valence-corrected chi connectivity index (χ2v) is 6.81. The fourth-order valence-corrected chi connectivity index (χ4v) is 3.59. The van der Waals surface area contributed by atoms with Gasteiger partial charge in [0.25, 0.3) is 10.0 Å². The lowest BCUT2D eigenvalue weighted by molar-refractivity contribution is -0.154. The molecule has 0 aliphatic carbocycles. The third kappa shape index (κ3) is 3.27. The van der Waals surface area contributed by atoms with Crippen LogP contribution in [0.1, 0.15) is 6.42 Å². The molecule has 2 aromatic heterocycles. The van der Waals surface area contributed by atoms with Crippen molar-refractivity contribution in [1.82, 2.24) is 19.7 Å². The van der Waals surface area contributed by atoms with Crippen molar-refractivity contribution in [2.45, 2.75) is 24.0 Å². The molecule has 0 N–H and O–H groups in total. The zero-order valence-corrected chi connectivity index (χ0v) is 13.0. The Morgan fingerprint density at radius 1 is 1.21 bits per heavy atom. The van der Waals surface area contributed by atoms with Gasteiger partial charge in [-0.15, -0.1) is 0 Å². The third-order valence-electron chi connectivity index (χ3n) is 3.23. The lowest BCUT2D eigenvalue weighted by Crippen LogP contribution is -2.38. The largest absolute Gasteiger partial charge is 0.468 e. The number of aryl methyl sites for hydroxylation is 1. The first kappa shape index (κ1) is 16.5. The molecule has 3 rings (SSSR count). The number of ether oxygens (including phenoxy) is 1. The van der Waals surface area contributed by atoms with Crippen LogP contribution in [0.4, 0.5) is 19.1 Å². The van der Waals surface area contributed by atoms with E-state index in [0.717, 1.165) is 22.6 Å². The molecular weight excluding hydrogens is 351 g/mol. The van der Waals surface area contributed by atoms with Crippen LogP contribution in [-0.4, -0.2) is 47.5 Å². The minimum Gasteiger partial charge on any atom is -0.468 e. The number of nitrogens with zero attached hydrogens (tertiary/aromatic N) is 5. The first-order valence-corrected chi connectivity index (χ1v) is 8.27. The van der Waals surface area contributed by atoms with Crippen molar-refractivity contribution in [3.63, 3.8) is 0 Å². The Morgan fingerprint density at radius 2 is 2.00 bits per heavy atom. The molecule has 0 saturated carbocycles. The zero-order chi connectivity index (χ0) is 17.4. The summed E-state index contributed by atoms with van der Waals surface area (Å²) in [6.45, 7) is -0.710. The lowest BCUT2D eigenvalue weighted by atomic mass is 10.4. The van der Waals surface area contributed by atoms with E-state index < -0.39 is 22.8 Å². The molecule has 3 heterocycles. The van der Waals surface area contributed by atoms with Gasteiger partial charge < -0.3 is 4.74 Å². The Morgan fingerprint density at radius 3 is 2.67 bits per heavy atom. The molecular formula is C12H12F3N5O3S. The lowest BCUT2D eigenvalue weighted by Gasteiger charge is -2.27. The predicted octanol–water partition coefficient (Wildman–Crippen LogP) is 1.21. The summed E-state index contributed by atoms with van der Waals surface area (Å²) in [4.78, 5) is 7.38. The summed E-state index contributed by atoms with van der Waals surface area (Å²) in [5.74, 6) is -0.119. The van der Waals surface area contributed by atoms with Crippen LogP contribution in [0.2, 0.25) is 0 Å². The molecule has 8 nitrogen and oxygen atoms in total. The predicted molar refractivity (Wildman–Crippen MR) is 75.0 cm³/mol. The quantitative estimate of drug-likeness (QED) is 0.811. The van der Waals surface area contributed by atoms with Gasteiger partial charge in [0, 0.05) is 19.2 Å². The Bertz CT molecular complexity index is 819. The number of fused-ring (bicyclic) bond motifs is 1. The Kier molecular flexibility index (Phi) is 4.07. The van der Waals surface area contributed by atoms with Gasteiger partial charge in [-0.25, -0.2) is 22.4 Å². The minimum absolute atomic E-state index is 0.168. The van der Waals surface area contributed by atoms with E-state index in [-0.39, 0.29) is 23.3 Å². The molecule has 1 aliphatic heterocycles. The third-order valence-corrected chi connectivity index (χ3v) is 4.99. The molecule has 0 spiro atoms. The molecule has 24 heavy (non-hydrogen) atoms. The number of hydrogen-bond acceptors (Lipinski definition) is 6. The van der Waals surface area contributed by atoms with E-state index in [4.69, 9.17) is 0 Å². The van der Waals surface area contributed by atoms with Crippen LogP contribution in [0.25, 0.3) is 0 Å². The normalized spacial score (nSPS) is 15.2. The number of sulfonamides is 1. The summed E-state index contributed by atoms with van der Waals surface area (Å²) in [6, 6.07) is 2.22. The summed E-state index contributed by atoms with van der Waals surface area (Å²) in [7, 11) is -3.94. The van der Waals surface area contributed by atoms with E-state index in [0.29, 0.717) is 13.0 Å². The van der Waals surface area contributed by atoms with Crippen LogP contribution in [0, 0.1) is 0 Å². The maximum Gasteiger partial charge on any atom is 0.422 e. The van der Waals surface area contributed by atoms with Gasteiger partial charge in [-0.1, -0.05) is 0 Å². The summed E-state index contributed by atoms with van der Waals surface area (Å²) in [5, 5.41) is 3.93. The molecule has 1 aliphatic rings. The smallest absolute Gasteiger partial charge is 0.422 e. The molecule has 0 amide bonds. The Labute approximate surface area is 134 Å². The van der Waals surface area contributed by atoms with Gasteiger partial charge in [-0.05, 0) is 12.5 Å². The molecule has 0 fully saturated rings. The summed E-state index contributed by atoms with van der Waals surface area (Å²) in [6.07, 6.45) is -1.72. The van der Waals surface area contributed by atoms with Crippen molar-refractivity contribution >= 4 is 16.0 Å². The van der Waals surface area contributed by atoms with Crippen molar-refractivity contribution in [2.24, 2.45) is 0 Å². The second kappa shape index (κ2) is 5.92. The molecule has 0 bridgehead atoms. The molecule has 0 saturated heterocycles. The highest BCUT2D eigenvalue weighted by atomic mass is 32.2. The highest BCUT2D eigenvalue weighted by Crippen LogP contribution is 2.25. The van der Waals surface area contributed by atoms with Crippen LogP contribution >= 0.6 is 0 Å². The van der Waals surface area contributed by atoms with Crippen LogP contribution < -0.4 is 9.04 Å². The van der Waals surface area contributed by atoms with E-state index in [1.807, 2.05) is 0 Å². The Balaban J connectivity index is 1.81. The monoisotopic (exact) mass is 363 g/mol. The van der Waals surface area contributed by atoms with Crippen LogP contribution in [-0.2, 0) is 16.6 Å². The number of hydrogen-bond donors (Lipinski definition) is 0. The van der Waals surface area contributed by atoms with E-state index in [1.165, 1.54) is 11.0 Å². The maximum atomic E-state index is 12.7. The first-order chi connectivity index (χ1) is 11.3. The van der Waals surface area contributed by atoms with Gasteiger partial charge in [0.1, 0.15) is 11.2 Å². The topological polar surface area (TPSA) is 90.2 Å². The van der Waals surface area contributed by atoms with Crippen LogP contribution in [0.5, 0.6) is 5.88 Å². The second-order valence-electron chi connectivity index (χ2n) is 4.95. The summed E-state index contributed by atoms with van der Waals surface area (Å²) < 4.78 is 68.6. The van der Waals surface area contributed by atoms with Gasteiger partial charge >= 0.3 is 6.18 Å². The average molecular weight is 363 g/mol. The molecule has 0 aromatic carbocycles. The molecule has 0 atom stereocenters. The number of aromatic nitrogens is 4. The fraction of sp³-hybridized carbons (Fsp3) is 0.417. The van der Waals surface area contributed by atoms with E-state index in [2.05, 4.69) is 19.8 Å². The highest BCUT2D eigenvalue weighted by Gasteiger charge is 2.32. The number of rotatable bonds is 4. The molecule has 0 radical (unpaired) electrons. The van der Waals surface area contributed by atoms with Gasteiger partial charge in [-0.2, -0.15) is 23.3 Å². The Hall–Kier alpha value is -2.37. The number of anilines is 1. The summed E-state index contributed by atoms with van der Waals surface area (Å²) >= 11 is 0. The standard InChI is InChI=1S/C12H12F3N5O3S/c13-12(14,15)7-23-10-3-2-9(6-16-10)24(21,22)20-5-1-4-19-11(20)17-8-18-19/h2-3,6,8H,1,4-5,7H2. The zero-order valence-electron chi connectivity index (χ0n) is 12.1. The molecule has 2 aromatic rings. The van der Waals surface area contributed by atoms with E-state index in [9.17, 15) is 21.6 Å². The van der Waals surface area contributed by atoms with Crippen molar-refractivity contribution in [1.29, 1.82) is 0 Å². The van der Waals surface area contributed by atoms with E-state index >= 15 is 0 Å². The van der Waals surface area contributed by atoms with Gasteiger partial charge in [-0.3, -0.25) is 0 Å². The summed E-state index contributed by atoms with van der Waals surface area (Å²) in [5.41, 5.74) is 0. The minimum atomic E-state index is -4.50. The van der Waals surface area contributed by atoms with Gasteiger partial charge in [0.05, 0.1) is 6.20 Å². The molecule has 130 valence electrons. The van der Waals surface area contributed by atoms with Crippen LogP contribution in [0.15, 0.2) is 29.6 Å². The number of pyridine rings is 1.